The molecule has 0 radical (unpaired) electrons. The van der Waals surface area contributed by atoms with Crippen LogP contribution < -0.4 is 10.6 Å². The molecule has 0 bridgehead atoms. The molecule has 1 fully saturated rings. The van der Waals surface area contributed by atoms with Crippen LogP contribution in [0.3, 0.4) is 0 Å². The zero-order chi connectivity index (χ0) is 13.8. The zero-order valence-corrected chi connectivity index (χ0v) is 12.0. The van der Waals surface area contributed by atoms with Gasteiger partial charge in [-0.05, 0) is 31.1 Å². The summed E-state index contributed by atoms with van der Waals surface area (Å²) in [7, 11) is 1.63. The summed E-state index contributed by atoms with van der Waals surface area (Å²) in [5.74, 6) is 1.57. The maximum atomic E-state index is 11.3. The van der Waals surface area contributed by atoms with E-state index >= 15 is 0 Å². The average Bonchev–Trinajstić information content (AvgIpc) is 2.81. The Morgan fingerprint density at radius 3 is 2.89 bits per heavy atom. The molecule has 3 unspecified atom stereocenters. The molecule has 19 heavy (non-hydrogen) atoms. The number of nitrogens with zero attached hydrogens (tertiary/aromatic N) is 2. The number of rotatable bonds is 4. The van der Waals surface area contributed by atoms with Crippen LogP contribution in [0, 0.1) is 11.8 Å². The molecular weight excluding hydrogens is 240 g/mol. The fraction of sp³-hybridized carbons (Fsp3) is 0.714. The lowest BCUT2D eigenvalue weighted by atomic mass is 9.79. The highest BCUT2D eigenvalue weighted by atomic mass is 16.1. The number of hydrogen-bond donors (Lipinski definition) is 2. The van der Waals surface area contributed by atoms with Gasteiger partial charge in [0, 0.05) is 19.3 Å². The van der Waals surface area contributed by atoms with Crippen molar-refractivity contribution in [2.75, 3.05) is 12.4 Å². The van der Waals surface area contributed by atoms with E-state index in [-0.39, 0.29) is 12.5 Å². The van der Waals surface area contributed by atoms with E-state index in [4.69, 9.17) is 0 Å². The molecule has 5 nitrogen and oxygen atoms in total. The number of carbonyl (C=O) groups excluding carboxylic acids is 1. The predicted octanol–water partition coefficient (Wildman–Crippen LogP) is 1.87. The number of likely N-dealkylation sites (N-methyl/N-ethyl adjacent to an activating group) is 1. The maximum absolute atomic E-state index is 11.3. The number of amides is 1. The third-order valence-electron chi connectivity index (χ3n) is 4.19. The first-order chi connectivity index (χ1) is 9.08. The number of carbonyl (C=O) groups is 1. The Morgan fingerprint density at radius 1 is 1.42 bits per heavy atom. The third kappa shape index (κ3) is 3.72. The molecule has 2 N–H and O–H groups in total. The van der Waals surface area contributed by atoms with Crippen LogP contribution in [0.2, 0.25) is 0 Å². The van der Waals surface area contributed by atoms with Crippen LogP contribution in [0.15, 0.2) is 12.4 Å². The van der Waals surface area contributed by atoms with Gasteiger partial charge in [0.15, 0.2) is 0 Å². The van der Waals surface area contributed by atoms with Crippen molar-refractivity contribution < 1.29 is 4.79 Å². The van der Waals surface area contributed by atoms with Crippen molar-refractivity contribution in [2.45, 2.75) is 45.7 Å². The molecule has 0 aromatic carbocycles. The van der Waals surface area contributed by atoms with Crippen LogP contribution in [0.5, 0.6) is 0 Å². The second-order valence-electron chi connectivity index (χ2n) is 5.71. The van der Waals surface area contributed by atoms with E-state index in [1.807, 2.05) is 6.20 Å². The first-order valence-corrected chi connectivity index (χ1v) is 7.08. The Hall–Kier alpha value is -1.52. The second-order valence-corrected chi connectivity index (χ2v) is 5.71. The Morgan fingerprint density at radius 2 is 2.21 bits per heavy atom. The molecule has 2 rings (SSSR count). The van der Waals surface area contributed by atoms with E-state index < -0.39 is 0 Å². The van der Waals surface area contributed by atoms with Gasteiger partial charge in [0.1, 0.15) is 6.54 Å². The lowest BCUT2D eigenvalue weighted by Gasteiger charge is -2.32. The van der Waals surface area contributed by atoms with Gasteiger partial charge in [0.2, 0.25) is 5.91 Å². The fourth-order valence-electron chi connectivity index (χ4n) is 2.67. The summed E-state index contributed by atoms with van der Waals surface area (Å²) >= 11 is 0. The van der Waals surface area contributed by atoms with Crippen molar-refractivity contribution in [3.8, 4) is 0 Å². The van der Waals surface area contributed by atoms with Gasteiger partial charge in [-0.3, -0.25) is 9.48 Å². The summed E-state index contributed by atoms with van der Waals surface area (Å²) in [4.78, 5) is 11.3. The molecule has 0 saturated heterocycles. The lowest BCUT2D eigenvalue weighted by molar-refractivity contribution is -0.121. The van der Waals surface area contributed by atoms with Crippen LogP contribution in [-0.4, -0.2) is 28.8 Å². The largest absolute Gasteiger partial charge is 0.380 e. The fourth-order valence-corrected chi connectivity index (χ4v) is 2.67. The molecule has 1 saturated carbocycles. The van der Waals surface area contributed by atoms with Crippen molar-refractivity contribution >= 4 is 11.6 Å². The van der Waals surface area contributed by atoms with Gasteiger partial charge >= 0.3 is 0 Å². The molecule has 1 heterocycles. The van der Waals surface area contributed by atoms with Crippen molar-refractivity contribution in [2.24, 2.45) is 11.8 Å². The molecule has 0 spiro atoms. The van der Waals surface area contributed by atoms with E-state index in [0.717, 1.165) is 17.5 Å². The molecule has 0 aliphatic heterocycles. The maximum Gasteiger partial charge on any atom is 0.241 e. The van der Waals surface area contributed by atoms with Gasteiger partial charge in [-0.1, -0.05) is 13.8 Å². The summed E-state index contributed by atoms with van der Waals surface area (Å²) < 4.78 is 1.66. The predicted molar refractivity (Wildman–Crippen MR) is 75.9 cm³/mol. The molecule has 106 valence electrons. The number of aromatic nitrogens is 2. The van der Waals surface area contributed by atoms with Crippen LogP contribution in [0.1, 0.15) is 33.1 Å². The Kier molecular flexibility index (Phi) is 4.45. The molecule has 1 amide bonds. The van der Waals surface area contributed by atoms with E-state index in [2.05, 4.69) is 29.6 Å². The highest BCUT2D eigenvalue weighted by Crippen LogP contribution is 2.30. The highest BCUT2D eigenvalue weighted by molar-refractivity contribution is 5.75. The minimum Gasteiger partial charge on any atom is -0.380 e. The molecule has 5 heteroatoms. The van der Waals surface area contributed by atoms with Crippen LogP contribution >= 0.6 is 0 Å². The third-order valence-corrected chi connectivity index (χ3v) is 4.19. The Labute approximate surface area is 114 Å². The number of nitrogens with one attached hydrogen (secondary N) is 2. The van der Waals surface area contributed by atoms with Gasteiger partial charge < -0.3 is 10.6 Å². The zero-order valence-electron chi connectivity index (χ0n) is 12.0. The van der Waals surface area contributed by atoms with E-state index in [1.54, 1.807) is 17.9 Å². The summed E-state index contributed by atoms with van der Waals surface area (Å²) in [5, 5.41) is 10.3. The quantitative estimate of drug-likeness (QED) is 0.872. The van der Waals surface area contributed by atoms with Crippen LogP contribution in [-0.2, 0) is 11.3 Å². The molecule has 1 aromatic heterocycles. The summed E-state index contributed by atoms with van der Waals surface area (Å²) in [6.45, 7) is 4.94. The first kappa shape index (κ1) is 13.9. The summed E-state index contributed by atoms with van der Waals surface area (Å²) in [6.07, 6.45) is 7.41. The standard InChI is InChI=1S/C14H24N4O/c1-10-4-5-12(6-11(10)2)17-13-7-16-18(8-13)9-14(19)15-3/h7-8,10-12,17H,4-6,9H2,1-3H3,(H,15,19). The number of hydrogen-bond acceptors (Lipinski definition) is 3. The Balaban J connectivity index is 1.88. The van der Waals surface area contributed by atoms with Gasteiger partial charge in [0.25, 0.3) is 0 Å². The molecule has 3 atom stereocenters. The molecule has 1 aliphatic carbocycles. The van der Waals surface area contributed by atoms with E-state index in [9.17, 15) is 4.79 Å². The van der Waals surface area contributed by atoms with Gasteiger partial charge in [-0.25, -0.2) is 0 Å². The first-order valence-electron chi connectivity index (χ1n) is 7.08. The SMILES string of the molecule is CNC(=O)Cn1cc(NC2CCC(C)C(C)C2)cn1. The van der Waals surface area contributed by atoms with Crippen molar-refractivity contribution in [3.05, 3.63) is 12.4 Å². The van der Waals surface area contributed by atoms with Crippen molar-refractivity contribution in [1.29, 1.82) is 0 Å². The van der Waals surface area contributed by atoms with Crippen LogP contribution in [0.4, 0.5) is 5.69 Å². The second kappa shape index (κ2) is 6.08. The molecule has 1 aliphatic rings. The molecule has 1 aromatic rings. The molecular formula is C14H24N4O. The topological polar surface area (TPSA) is 59.0 Å². The highest BCUT2D eigenvalue weighted by Gasteiger charge is 2.24. The smallest absolute Gasteiger partial charge is 0.241 e. The summed E-state index contributed by atoms with van der Waals surface area (Å²) in [6, 6.07) is 0.531. The minimum absolute atomic E-state index is 0.0326. The Bertz CT molecular complexity index is 429. The van der Waals surface area contributed by atoms with Crippen molar-refractivity contribution in [1.82, 2.24) is 15.1 Å². The summed E-state index contributed by atoms with van der Waals surface area (Å²) in [5.41, 5.74) is 1.01. The van der Waals surface area contributed by atoms with Crippen LogP contribution in [0.25, 0.3) is 0 Å². The van der Waals surface area contributed by atoms with Gasteiger partial charge in [0.05, 0.1) is 11.9 Å². The van der Waals surface area contributed by atoms with Gasteiger partial charge in [-0.15, -0.1) is 0 Å². The van der Waals surface area contributed by atoms with E-state index in [0.29, 0.717) is 6.04 Å². The number of anilines is 1. The van der Waals surface area contributed by atoms with Crippen molar-refractivity contribution in [3.63, 3.8) is 0 Å². The normalized spacial score (nSPS) is 27.0. The monoisotopic (exact) mass is 264 g/mol. The lowest BCUT2D eigenvalue weighted by Crippen LogP contribution is -2.30. The van der Waals surface area contributed by atoms with Gasteiger partial charge in [-0.2, -0.15) is 5.10 Å². The van der Waals surface area contributed by atoms with E-state index in [1.165, 1.54) is 19.3 Å². The minimum atomic E-state index is -0.0326. The average molecular weight is 264 g/mol.